The van der Waals surface area contributed by atoms with Gasteiger partial charge in [0.15, 0.2) is 0 Å². The number of nitrogens with zero attached hydrogens (tertiary/aromatic N) is 1. The molecule has 112 valence electrons. The van der Waals surface area contributed by atoms with Crippen molar-refractivity contribution in [2.24, 2.45) is 5.73 Å². The molecule has 1 fully saturated rings. The highest BCUT2D eigenvalue weighted by Crippen LogP contribution is 2.21. The van der Waals surface area contributed by atoms with E-state index in [0.717, 1.165) is 12.8 Å². The van der Waals surface area contributed by atoms with E-state index in [1.165, 1.54) is 50.8 Å². The Labute approximate surface area is 124 Å². The van der Waals surface area contributed by atoms with Crippen molar-refractivity contribution in [3.63, 3.8) is 0 Å². The lowest BCUT2D eigenvalue weighted by Crippen LogP contribution is -2.48. The molecule has 0 bridgehead atoms. The van der Waals surface area contributed by atoms with Gasteiger partial charge in [-0.25, -0.2) is 0 Å². The van der Waals surface area contributed by atoms with Gasteiger partial charge in [0.25, 0.3) is 0 Å². The molecule has 0 saturated carbocycles. The molecule has 20 heavy (non-hydrogen) atoms. The summed E-state index contributed by atoms with van der Waals surface area (Å²) in [6, 6.07) is 11.9. The highest BCUT2D eigenvalue weighted by atomic mass is 15.2. The highest BCUT2D eigenvalue weighted by Gasteiger charge is 2.26. The summed E-state index contributed by atoms with van der Waals surface area (Å²) in [4.78, 5) is 2.69. The maximum Gasteiger partial charge on any atom is 0.0150 e. The van der Waals surface area contributed by atoms with Gasteiger partial charge in [0.05, 0.1) is 0 Å². The summed E-state index contributed by atoms with van der Waals surface area (Å²) in [5, 5.41) is 0. The quantitative estimate of drug-likeness (QED) is 0.770. The topological polar surface area (TPSA) is 29.3 Å². The summed E-state index contributed by atoms with van der Waals surface area (Å²) >= 11 is 0. The van der Waals surface area contributed by atoms with Crippen molar-refractivity contribution >= 4 is 0 Å². The van der Waals surface area contributed by atoms with Gasteiger partial charge in [-0.15, -0.1) is 0 Å². The van der Waals surface area contributed by atoms with E-state index in [4.69, 9.17) is 5.73 Å². The molecule has 0 amide bonds. The van der Waals surface area contributed by atoms with Crippen LogP contribution in [0.2, 0.25) is 0 Å². The molecular formula is C18H30N2. The van der Waals surface area contributed by atoms with Gasteiger partial charge in [0.2, 0.25) is 0 Å². The van der Waals surface area contributed by atoms with Crippen molar-refractivity contribution < 1.29 is 0 Å². The molecule has 1 heterocycles. The van der Waals surface area contributed by atoms with Crippen LogP contribution in [-0.4, -0.2) is 30.1 Å². The second-order valence-corrected chi connectivity index (χ2v) is 6.22. The van der Waals surface area contributed by atoms with Gasteiger partial charge in [0, 0.05) is 12.1 Å². The molecule has 1 aliphatic rings. The fourth-order valence-corrected chi connectivity index (χ4v) is 3.27. The van der Waals surface area contributed by atoms with Crippen LogP contribution in [0.15, 0.2) is 30.3 Å². The van der Waals surface area contributed by atoms with Gasteiger partial charge >= 0.3 is 0 Å². The average molecular weight is 274 g/mol. The van der Waals surface area contributed by atoms with Gasteiger partial charge in [-0.05, 0) is 44.3 Å². The minimum atomic E-state index is 0.399. The number of hydrogen-bond acceptors (Lipinski definition) is 2. The number of hydrogen-bond donors (Lipinski definition) is 1. The summed E-state index contributed by atoms with van der Waals surface area (Å²) in [5.74, 6) is 0. The van der Waals surface area contributed by atoms with Gasteiger partial charge in [-0.1, -0.05) is 56.5 Å². The Kier molecular flexibility index (Phi) is 6.55. The lowest BCUT2D eigenvalue weighted by molar-refractivity contribution is 0.132. The Bertz CT molecular complexity index is 363. The molecule has 1 aromatic rings. The fraction of sp³-hybridized carbons (Fsp3) is 0.667. The highest BCUT2D eigenvalue weighted by molar-refractivity contribution is 5.16. The molecule has 0 aromatic heterocycles. The monoisotopic (exact) mass is 274 g/mol. The van der Waals surface area contributed by atoms with Crippen molar-refractivity contribution in [1.29, 1.82) is 0 Å². The second kappa shape index (κ2) is 8.43. The number of unbranched alkanes of at least 4 members (excludes halogenated alkanes) is 3. The summed E-state index contributed by atoms with van der Waals surface area (Å²) in [7, 11) is 0. The standard InChI is InChI=1S/C18H30N2/c1-2-3-4-8-12-20-13-11-17(19)15-18(20)14-16-9-6-5-7-10-16/h5-7,9-10,17-18H,2-4,8,11-15,19H2,1H3. The molecule has 0 radical (unpaired) electrons. The van der Waals surface area contributed by atoms with Gasteiger partial charge in [0.1, 0.15) is 0 Å². The van der Waals surface area contributed by atoms with Crippen molar-refractivity contribution in [2.75, 3.05) is 13.1 Å². The third-order valence-corrected chi connectivity index (χ3v) is 4.49. The van der Waals surface area contributed by atoms with Crippen LogP contribution in [0.1, 0.15) is 51.0 Å². The normalized spacial score (nSPS) is 23.9. The first kappa shape index (κ1) is 15.5. The minimum absolute atomic E-state index is 0.399. The molecule has 1 saturated heterocycles. The molecule has 2 rings (SSSR count). The summed E-state index contributed by atoms with van der Waals surface area (Å²) < 4.78 is 0. The third kappa shape index (κ3) is 4.92. The fourth-order valence-electron chi connectivity index (χ4n) is 3.27. The van der Waals surface area contributed by atoms with Crippen LogP contribution >= 0.6 is 0 Å². The first-order chi connectivity index (χ1) is 9.79. The van der Waals surface area contributed by atoms with Crippen LogP contribution in [0, 0.1) is 0 Å². The molecule has 2 nitrogen and oxygen atoms in total. The van der Waals surface area contributed by atoms with E-state index >= 15 is 0 Å². The SMILES string of the molecule is CCCCCCN1CCC(N)CC1Cc1ccccc1. The minimum Gasteiger partial charge on any atom is -0.328 e. The summed E-state index contributed by atoms with van der Waals surface area (Å²) in [6.07, 6.45) is 8.88. The molecule has 0 spiro atoms. The van der Waals surface area contributed by atoms with Crippen molar-refractivity contribution in [2.45, 2.75) is 64.0 Å². The van der Waals surface area contributed by atoms with Crippen LogP contribution in [0.3, 0.4) is 0 Å². The van der Waals surface area contributed by atoms with E-state index in [-0.39, 0.29) is 0 Å². The second-order valence-electron chi connectivity index (χ2n) is 6.22. The molecular weight excluding hydrogens is 244 g/mol. The lowest BCUT2D eigenvalue weighted by Gasteiger charge is -2.38. The zero-order valence-electron chi connectivity index (χ0n) is 12.9. The Morgan fingerprint density at radius 3 is 2.70 bits per heavy atom. The Hall–Kier alpha value is -0.860. The first-order valence-electron chi connectivity index (χ1n) is 8.33. The van der Waals surface area contributed by atoms with Crippen molar-refractivity contribution in [3.8, 4) is 0 Å². The molecule has 2 atom stereocenters. The van der Waals surface area contributed by atoms with E-state index in [1.54, 1.807) is 0 Å². The number of piperidine rings is 1. The zero-order chi connectivity index (χ0) is 14.2. The molecule has 1 aliphatic heterocycles. The van der Waals surface area contributed by atoms with Crippen LogP contribution in [0.5, 0.6) is 0 Å². The number of nitrogens with two attached hydrogens (primary N) is 1. The van der Waals surface area contributed by atoms with E-state index in [2.05, 4.69) is 42.2 Å². The van der Waals surface area contributed by atoms with Crippen LogP contribution in [-0.2, 0) is 6.42 Å². The van der Waals surface area contributed by atoms with E-state index < -0.39 is 0 Å². The van der Waals surface area contributed by atoms with Crippen molar-refractivity contribution in [1.82, 2.24) is 4.90 Å². The Balaban J connectivity index is 1.87. The molecule has 2 heteroatoms. The van der Waals surface area contributed by atoms with Crippen LogP contribution < -0.4 is 5.73 Å². The van der Waals surface area contributed by atoms with Crippen LogP contribution in [0.4, 0.5) is 0 Å². The average Bonchev–Trinajstić information content (AvgIpc) is 2.47. The molecule has 2 unspecified atom stereocenters. The van der Waals surface area contributed by atoms with Crippen molar-refractivity contribution in [3.05, 3.63) is 35.9 Å². The predicted molar refractivity (Wildman–Crippen MR) is 86.9 cm³/mol. The van der Waals surface area contributed by atoms with E-state index in [0.29, 0.717) is 12.1 Å². The Morgan fingerprint density at radius 2 is 1.95 bits per heavy atom. The van der Waals surface area contributed by atoms with E-state index in [1.807, 2.05) is 0 Å². The number of likely N-dealkylation sites (tertiary alicyclic amines) is 1. The zero-order valence-corrected chi connectivity index (χ0v) is 12.9. The predicted octanol–water partition coefficient (Wildman–Crippen LogP) is 3.60. The van der Waals surface area contributed by atoms with Gasteiger partial charge in [-0.2, -0.15) is 0 Å². The van der Waals surface area contributed by atoms with Crippen LogP contribution in [0.25, 0.3) is 0 Å². The summed E-state index contributed by atoms with van der Waals surface area (Å²) in [5.41, 5.74) is 7.64. The maximum absolute atomic E-state index is 6.19. The Morgan fingerprint density at radius 1 is 1.15 bits per heavy atom. The first-order valence-corrected chi connectivity index (χ1v) is 8.33. The smallest absolute Gasteiger partial charge is 0.0150 e. The van der Waals surface area contributed by atoms with E-state index in [9.17, 15) is 0 Å². The van der Waals surface area contributed by atoms with Gasteiger partial charge in [-0.3, -0.25) is 4.90 Å². The number of rotatable bonds is 7. The summed E-state index contributed by atoms with van der Waals surface area (Å²) in [6.45, 7) is 4.72. The third-order valence-electron chi connectivity index (χ3n) is 4.49. The lowest BCUT2D eigenvalue weighted by atomic mass is 9.92. The molecule has 1 aromatic carbocycles. The molecule has 2 N–H and O–H groups in total. The van der Waals surface area contributed by atoms with Gasteiger partial charge < -0.3 is 5.73 Å². The molecule has 0 aliphatic carbocycles. The number of benzene rings is 1. The maximum atomic E-state index is 6.19. The largest absolute Gasteiger partial charge is 0.328 e.